The van der Waals surface area contributed by atoms with Gasteiger partial charge in [0.05, 0.1) is 24.4 Å². The molecular formula is C22H35FO4. The van der Waals surface area contributed by atoms with Gasteiger partial charge in [0.1, 0.15) is 6.17 Å². The standard InChI is InChI=1S/C22H35FO4/c1-4-7-8-9-10-11-12-13-20(23)17-14-15-18(21(24)26-5-2)19(16-17)22(25)27-6-3/h14,20H,4-13,15-16H2,1-3H3. The Kier molecular flexibility index (Phi) is 11.7. The van der Waals surface area contributed by atoms with Crippen LogP contribution in [-0.4, -0.2) is 31.3 Å². The molecule has 1 rings (SSSR count). The second kappa shape index (κ2) is 13.5. The predicted octanol–water partition coefficient (Wildman–Crippen LogP) is 5.61. The Morgan fingerprint density at radius 3 is 2.07 bits per heavy atom. The molecule has 0 bridgehead atoms. The minimum atomic E-state index is -1.08. The largest absolute Gasteiger partial charge is 0.463 e. The Balaban J connectivity index is 2.58. The SMILES string of the molecule is CCCCCCCCCC(F)C1=CCC(C(=O)OCC)=C(C(=O)OCC)C1. The monoisotopic (exact) mass is 382 g/mol. The summed E-state index contributed by atoms with van der Waals surface area (Å²) in [6.45, 7) is 6.07. The fourth-order valence-electron chi connectivity index (χ4n) is 3.28. The molecule has 5 heteroatoms. The first kappa shape index (κ1) is 23.4. The third-order valence-electron chi connectivity index (χ3n) is 4.82. The molecule has 0 saturated carbocycles. The van der Waals surface area contributed by atoms with Crippen LogP contribution in [0.3, 0.4) is 0 Å². The van der Waals surface area contributed by atoms with Crippen LogP contribution in [0.15, 0.2) is 22.8 Å². The molecule has 4 nitrogen and oxygen atoms in total. The molecule has 0 aliphatic heterocycles. The van der Waals surface area contributed by atoms with E-state index in [9.17, 15) is 14.0 Å². The van der Waals surface area contributed by atoms with Crippen LogP contribution >= 0.6 is 0 Å². The maximum absolute atomic E-state index is 14.7. The van der Waals surface area contributed by atoms with E-state index >= 15 is 0 Å². The summed E-state index contributed by atoms with van der Waals surface area (Å²) in [5, 5.41) is 0. The van der Waals surface area contributed by atoms with Crippen LogP contribution in [0, 0.1) is 0 Å². The van der Waals surface area contributed by atoms with Gasteiger partial charge in [-0.05, 0) is 32.3 Å². The summed E-state index contributed by atoms with van der Waals surface area (Å²) in [7, 11) is 0. The van der Waals surface area contributed by atoms with Gasteiger partial charge in [-0.25, -0.2) is 14.0 Å². The second-order valence-electron chi connectivity index (χ2n) is 6.94. The molecule has 27 heavy (non-hydrogen) atoms. The van der Waals surface area contributed by atoms with Crippen LogP contribution in [0.25, 0.3) is 0 Å². The van der Waals surface area contributed by atoms with Gasteiger partial charge in [-0.3, -0.25) is 0 Å². The normalized spacial score (nSPS) is 15.3. The first-order valence-corrected chi connectivity index (χ1v) is 10.4. The maximum atomic E-state index is 14.7. The van der Waals surface area contributed by atoms with E-state index in [4.69, 9.17) is 9.47 Å². The van der Waals surface area contributed by atoms with Gasteiger partial charge in [0.2, 0.25) is 0 Å². The Morgan fingerprint density at radius 2 is 1.48 bits per heavy atom. The Labute approximate surface area is 163 Å². The van der Waals surface area contributed by atoms with E-state index in [1.54, 1.807) is 19.9 Å². The molecule has 154 valence electrons. The molecule has 1 aliphatic carbocycles. The number of ether oxygens (including phenoxy) is 2. The van der Waals surface area contributed by atoms with Crippen molar-refractivity contribution >= 4 is 11.9 Å². The number of hydrogen-bond acceptors (Lipinski definition) is 4. The average molecular weight is 383 g/mol. The van der Waals surface area contributed by atoms with Crippen LogP contribution in [0.1, 0.15) is 85.0 Å². The maximum Gasteiger partial charge on any atom is 0.334 e. The van der Waals surface area contributed by atoms with E-state index in [1.165, 1.54) is 25.7 Å². The molecular weight excluding hydrogens is 347 g/mol. The van der Waals surface area contributed by atoms with E-state index in [0.29, 0.717) is 17.6 Å². The van der Waals surface area contributed by atoms with E-state index < -0.39 is 18.1 Å². The molecule has 0 spiro atoms. The summed E-state index contributed by atoms with van der Waals surface area (Å²) in [4.78, 5) is 24.3. The molecule has 0 radical (unpaired) electrons. The lowest BCUT2D eigenvalue weighted by Crippen LogP contribution is -2.21. The number of esters is 2. The zero-order valence-electron chi connectivity index (χ0n) is 17.2. The highest BCUT2D eigenvalue weighted by Crippen LogP contribution is 2.31. The van der Waals surface area contributed by atoms with Crippen molar-refractivity contribution in [1.29, 1.82) is 0 Å². The molecule has 0 amide bonds. The van der Waals surface area contributed by atoms with E-state index in [-0.39, 0.29) is 31.6 Å². The number of hydrogen-bond donors (Lipinski definition) is 0. The van der Waals surface area contributed by atoms with E-state index in [1.807, 2.05) is 0 Å². The number of rotatable bonds is 13. The molecule has 1 atom stereocenters. The topological polar surface area (TPSA) is 52.6 Å². The van der Waals surface area contributed by atoms with Crippen molar-refractivity contribution in [3.8, 4) is 0 Å². The minimum absolute atomic E-state index is 0.130. The third-order valence-corrected chi connectivity index (χ3v) is 4.82. The fourth-order valence-corrected chi connectivity index (χ4v) is 3.28. The quantitative estimate of drug-likeness (QED) is 0.236. The molecule has 0 aromatic rings. The lowest BCUT2D eigenvalue weighted by molar-refractivity contribution is -0.142. The van der Waals surface area contributed by atoms with Crippen molar-refractivity contribution in [2.24, 2.45) is 0 Å². The zero-order valence-corrected chi connectivity index (χ0v) is 17.2. The highest BCUT2D eigenvalue weighted by Gasteiger charge is 2.29. The van der Waals surface area contributed by atoms with Crippen molar-refractivity contribution in [3.63, 3.8) is 0 Å². The molecule has 1 unspecified atom stereocenters. The second-order valence-corrected chi connectivity index (χ2v) is 6.94. The van der Waals surface area contributed by atoms with Gasteiger partial charge in [-0.15, -0.1) is 0 Å². The first-order chi connectivity index (χ1) is 13.0. The summed E-state index contributed by atoms with van der Waals surface area (Å²) >= 11 is 0. The Bertz CT molecular complexity index is 536. The van der Waals surface area contributed by atoms with Gasteiger partial charge in [-0.2, -0.15) is 0 Å². The third kappa shape index (κ3) is 8.27. The van der Waals surface area contributed by atoms with Crippen molar-refractivity contribution < 1.29 is 23.5 Å². The van der Waals surface area contributed by atoms with Crippen molar-refractivity contribution in [3.05, 3.63) is 22.8 Å². The van der Waals surface area contributed by atoms with Gasteiger partial charge >= 0.3 is 11.9 Å². The smallest absolute Gasteiger partial charge is 0.334 e. The van der Waals surface area contributed by atoms with Crippen molar-refractivity contribution in [2.75, 3.05) is 13.2 Å². The van der Waals surface area contributed by atoms with Gasteiger partial charge < -0.3 is 9.47 Å². The predicted molar refractivity (Wildman–Crippen MR) is 105 cm³/mol. The summed E-state index contributed by atoms with van der Waals surface area (Å²) < 4.78 is 24.7. The summed E-state index contributed by atoms with van der Waals surface area (Å²) in [5.74, 6) is -1.06. The molecule has 0 heterocycles. The number of carbonyl (C=O) groups excluding carboxylic acids is 2. The van der Waals surface area contributed by atoms with Crippen LogP contribution in [0.4, 0.5) is 4.39 Å². The Morgan fingerprint density at radius 1 is 0.926 bits per heavy atom. The molecule has 0 N–H and O–H groups in total. The van der Waals surface area contributed by atoms with Crippen molar-refractivity contribution in [2.45, 2.75) is 91.2 Å². The lowest BCUT2D eigenvalue weighted by atomic mass is 9.88. The van der Waals surface area contributed by atoms with Crippen LogP contribution < -0.4 is 0 Å². The number of carbonyl (C=O) groups is 2. The number of unbranched alkanes of at least 4 members (excludes halogenated alkanes) is 6. The molecule has 0 saturated heterocycles. The highest BCUT2D eigenvalue weighted by atomic mass is 19.1. The zero-order chi connectivity index (χ0) is 20.1. The van der Waals surface area contributed by atoms with Crippen LogP contribution in [-0.2, 0) is 19.1 Å². The van der Waals surface area contributed by atoms with Gasteiger partial charge in [-0.1, -0.05) is 57.9 Å². The van der Waals surface area contributed by atoms with Crippen molar-refractivity contribution in [1.82, 2.24) is 0 Å². The summed E-state index contributed by atoms with van der Waals surface area (Å²) in [5.41, 5.74) is 1.12. The van der Waals surface area contributed by atoms with E-state index in [2.05, 4.69) is 6.92 Å². The number of alkyl halides is 1. The molecule has 0 fully saturated rings. The number of halogens is 1. The summed E-state index contributed by atoms with van der Waals surface area (Å²) in [6.07, 6.45) is 9.46. The minimum Gasteiger partial charge on any atom is -0.463 e. The molecule has 0 aromatic heterocycles. The van der Waals surface area contributed by atoms with E-state index in [0.717, 1.165) is 19.3 Å². The first-order valence-electron chi connectivity index (χ1n) is 10.4. The lowest BCUT2D eigenvalue weighted by Gasteiger charge is -2.21. The molecule has 0 aromatic carbocycles. The van der Waals surface area contributed by atoms with Crippen LogP contribution in [0.2, 0.25) is 0 Å². The van der Waals surface area contributed by atoms with Gasteiger partial charge in [0.25, 0.3) is 0 Å². The van der Waals surface area contributed by atoms with Gasteiger partial charge in [0.15, 0.2) is 0 Å². The summed E-state index contributed by atoms with van der Waals surface area (Å²) in [6, 6.07) is 0. The average Bonchev–Trinajstić information content (AvgIpc) is 2.67. The number of allylic oxidation sites excluding steroid dienone is 2. The fraction of sp³-hybridized carbons (Fsp3) is 0.727. The Hall–Kier alpha value is -1.65. The van der Waals surface area contributed by atoms with Gasteiger partial charge in [0, 0.05) is 6.42 Å². The van der Waals surface area contributed by atoms with Crippen LogP contribution in [0.5, 0.6) is 0 Å². The highest BCUT2D eigenvalue weighted by molar-refractivity contribution is 6.01. The molecule has 1 aliphatic rings.